The predicted octanol–water partition coefficient (Wildman–Crippen LogP) is 4.42. The first-order valence-electron chi connectivity index (χ1n) is 9.70. The van der Waals surface area contributed by atoms with Crippen LogP contribution in [0.3, 0.4) is 0 Å². The number of hydrogen-bond acceptors (Lipinski definition) is 6. The zero-order chi connectivity index (χ0) is 23.7. The summed E-state index contributed by atoms with van der Waals surface area (Å²) in [5, 5.41) is 5.47. The minimum absolute atomic E-state index is 0. The maximum Gasteiger partial charge on any atom is 0.478 e. The molecule has 0 spiro atoms. The Balaban J connectivity index is 0.000000821. The largest absolute Gasteiger partial charge is 0.478 e. The van der Waals surface area contributed by atoms with Gasteiger partial charge in [-0.2, -0.15) is 4.31 Å². The van der Waals surface area contributed by atoms with E-state index in [1.165, 1.54) is 13.0 Å². The first-order valence-corrected chi connectivity index (χ1v) is 13.1. The van der Waals surface area contributed by atoms with Crippen molar-refractivity contribution in [1.29, 1.82) is 0 Å². The highest BCUT2D eigenvalue weighted by Crippen LogP contribution is 2.53. The number of anilines is 1. The van der Waals surface area contributed by atoms with Crippen molar-refractivity contribution >= 4 is 56.2 Å². The number of pyridine rings is 1. The molecule has 0 fully saturated rings. The molecule has 1 heterocycles. The smallest absolute Gasteiger partial charge is 0.382 e. The molecule has 0 aliphatic rings. The first kappa shape index (κ1) is 31.2. The molecule has 2 rings (SSSR count). The summed E-state index contributed by atoms with van der Waals surface area (Å²) < 4.78 is 22.2. The first-order chi connectivity index (χ1) is 14.3. The molecule has 5 N–H and O–H groups in total. The van der Waals surface area contributed by atoms with Gasteiger partial charge < -0.3 is 29.8 Å². The van der Waals surface area contributed by atoms with Crippen LogP contribution in [0.15, 0.2) is 30.5 Å². The van der Waals surface area contributed by atoms with E-state index in [1.54, 1.807) is 0 Å². The molecule has 0 radical (unpaired) electrons. The Hall–Kier alpha value is -0.770. The lowest BCUT2D eigenvalue weighted by molar-refractivity contribution is 0.225. The van der Waals surface area contributed by atoms with Crippen molar-refractivity contribution in [2.24, 2.45) is 0 Å². The van der Waals surface area contributed by atoms with E-state index in [2.05, 4.69) is 40.3 Å². The van der Waals surface area contributed by atoms with E-state index in [1.807, 2.05) is 30.5 Å². The summed E-state index contributed by atoms with van der Waals surface area (Å²) in [6.45, 7) is 10.1. The summed E-state index contributed by atoms with van der Waals surface area (Å²) >= 11 is 6.04. The highest BCUT2D eigenvalue weighted by Gasteiger charge is 2.27. The van der Waals surface area contributed by atoms with Gasteiger partial charge in [0.2, 0.25) is 0 Å². The van der Waals surface area contributed by atoms with E-state index in [0.717, 1.165) is 41.1 Å². The van der Waals surface area contributed by atoms with Crippen LogP contribution in [-0.4, -0.2) is 55.1 Å². The lowest BCUT2D eigenvalue weighted by Gasteiger charge is -2.20. The van der Waals surface area contributed by atoms with Gasteiger partial charge in [-0.25, -0.2) is 9.13 Å². The Morgan fingerprint density at radius 2 is 1.72 bits per heavy atom. The van der Waals surface area contributed by atoms with Gasteiger partial charge in [-0.1, -0.05) is 25.4 Å². The van der Waals surface area contributed by atoms with Gasteiger partial charge in [-0.3, -0.25) is 4.98 Å². The van der Waals surface area contributed by atoms with Gasteiger partial charge in [0.1, 0.15) is 0 Å². The van der Waals surface area contributed by atoms with Crippen molar-refractivity contribution in [2.45, 2.75) is 39.7 Å². The zero-order valence-electron chi connectivity index (χ0n) is 18.1. The fourth-order valence-corrected chi connectivity index (χ4v) is 4.16. The second-order valence-corrected chi connectivity index (χ2v) is 9.85. The van der Waals surface area contributed by atoms with Crippen molar-refractivity contribution < 1.29 is 33.0 Å². The van der Waals surface area contributed by atoms with Crippen LogP contribution in [0.2, 0.25) is 5.02 Å². The molecule has 0 saturated carbocycles. The molecule has 0 aliphatic carbocycles. The number of fused-ring (bicyclic) bond motifs is 1. The molecule has 0 bridgehead atoms. The molecule has 1 unspecified atom stereocenters. The van der Waals surface area contributed by atoms with Crippen molar-refractivity contribution in [2.75, 3.05) is 25.0 Å². The summed E-state index contributed by atoms with van der Waals surface area (Å²) in [6, 6.07) is 8.35. The average Bonchev–Trinajstić information content (AvgIpc) is 2.63. The average molecular weight is 534 g/mol. The summed E-state index contributed by atoms with van der Waals surface area (Å²) in [7, 11) is -10.1. The van der Waals surface area contributed by atoms with Crippen LogP contribution in [0, 0.1) is 0 Å². The van der Waals surface area contributed by atoms with E-state index in [0.29, 0.717) is 6.04 Å². The molecule has 1 atom stereocenters. The highest BCUT2D eigenvalue weighted by molar-refractivity contribution is 7.60. The van der Waals surface area contributed by atoms with Crippen LogP contribution in [0.5, 0.6) is 0 Å². The molecule has 1 aromatic heterocycles. The summed E-state index contributed by atoms with van der Waals surface area (Å²) in [5.74, 6) is 0. The Morgan fingerprint density at radius 1 is 1.12 bits per heavy atom. The van der Waals surface area contributed by atoms with Crippen molar-refractivity contribution in [1.82, 2.24) is 9.88 Å². The van der Waals surface area contributed by atoms with E-state index >= 15 is 0 Å². The van der Waals surface area contributed by atoms with E-state index in [-0.39, 0.29) is 12.4 Å². The molecule has 0 saturated heterocycles. The molecule has 10 nitrogen and oxygen atoms in total. The van der Waals surface area contributed by atoms with Crippen LogP contribution >= 0.6 is 39.7 Å². The highest BCUT2D eigenvalue weighted by atomic mass is 35.5. The third-order valence-corrected chi connectivity index (χ3v) is 6.26. The quantitative estimate of drug-likeness (QED) is 0.277. The molecule has 0 aliphatic heterocycles. The van der Waals surface area contributed by atoms with Crippen LogP contribution in [0.4, 0.5) is 5.69 Å². The minimum Gasteiger partial charge on any atom is -0.382 e. The van der Waals surface area contributed by atoms with Gasteiger partial charge in [0, 0.05) is 28.3 Å². The lowest BCUT2D eigenvalue weighted by Crippen LogP contribution is -2.25. The normalized spacial score (nSPS) is 12.7. The number of nitrogens with one attached hydrogen (secondary N) is 1. The molecule has 0 amide bonds. The number of hydrogen-bond donors (Lipinski definition) is 5. The Labute approximate surface area is 199 Å². The van der Waals surface area contributed by atoms with Gasteiger partial charge >= 0.3 is 15.6 Å². The molecule has 14 heteroatoms. The molecule has 184 valence electrons. The van der Waals surface area contributed by atoms with Gasteiger partial charge in [-0.05, 0) is 63.7 Å². The maximum atomic E-state index is 9.63. The van der Waals surface area contributed by atoms with E-state index in [9.17, 15) is 9.13 Å². The number of halogens is 2. The van der Waals surface area contributed by atoms with Gasteiger partial charge in [0.05, 0.1) is 5.52 Å². The van der Waals surface area contributed by atoms with Gasteiger partial charge in [-0.15, -0.1) is 12.4 Å². The second-order valence-electron chi connectivity index (χ2n) is 6.80. The molecular weight excluding hydrogens is 503 g/mol. The van der Waals surface area contributed by atoms with Crippen LogP contribution < -0.4 is 5.32 Å². The zero-order valence-corrected chi connectivity index (χ0v) is 21.4. The van der Waals surface area contributed by atoms with Gasteiger partial charge in [0.25, 0.3) is 0 Å². The fraction of sp³-hybridized carbons (Fsp3) is 0.500. The number of nitrogens with zero attached hydrogens (tertiary/aromatic N) is 2. The summed E-state index contributed by atoms with van der Waals surface area (Å²) in [6.07, 6.45) is 4.21. The van der Waals surface area contributed by atoms with Crippen LogP contribution in [-0.2, 0) is 13.4 Å². The number of benzene rings is 1. The maximum absolute atomic E-state index is 9.63. The molecule has 32 heavy (non-hydrogen) atoms. The van der Waals surface area contributed by atoms with Crippen LogP contribution in [0.1, 0.15) is 33.6 Å². The van der Waals surface area contributed by atoms with Crippen molar-refractivity contribution in [3.05, 3.63) is 35.5 Å². The van der Waals surface area contributed by atoms with Crippen molar-refractivity contribution in [3.63, 3.8) is 0 Å². The van der Waals surface area contributed by atoms with E-state index in [4.69, 9.17) is 31.2 Å². The fourth-order valence-electron chi connectivity index (χ4n) is 2.88. The number of rotatable bonds is 10. The lowest BCUT2D eigenvalue weighted by atomic mass is 10.1. The number of phosphoric acid groups is 2. The van der Waals surface area contributed by atoms with Crippen LogP contribution in [0.25, 0.3) is 10.9 Å². The Morgan fingerprint density at radius 3 is 2.22 bits per heavy atom. The minimum atomic E-state index is -5.05. The number of aromatic nitrogens is 1. The predicted molar refractivity (Wildman–Crippen MR) is 129 cm³/mol. The molecule has 1 aromatic carbocycles. The Bertz CT molecular complexity index is 903. The van der Waals surface area contributed by atoms with E-state index < -0.39 is 15.6 Å². The second kappa shape index (κ2) is 14.5. The third-order valence-electron chi connectivity index (χ3n) is 4.33. The molecule has 2 aromatic rings. The monoisotopic (exact) mass is 533 g/mol. The van der Waals surface area contributed by atoms with Crippen molar-refractivity contribution in [3.8, 4) is 0 Å². The SMILES string of the molecule is CCN(CC)CCCC(C)Nc1ccnc2cc(Cl)ccc12.Cl.O=P(O)(O)OP(=O)(O)O. The molecular formula is C18H31Cl2N3O7P2. The standard InChI is InChI=1S/C18H26ClN3.ClH.H4O7P2/c1-4-22(5-2)12-6-7-14(3)21-17-10-11-20-18-13-15(19)8-9-16(17)18;;1-8(2,3)7-9(4,5)6/h8-11,13-14H,4-7,12H2,1-3H3,(H,20,21);1H;(H2,1,2,3)(H2,4,5,6). The van der Waals surface area contributed by atoms with Gasteiger partial charge in [0.15, 0.2) is 0 Å². The summed E-state index contributed by atoms with van der Waals surface area (Å²) in [4.78, 5) is 37.9. The Kier molecular flexibility index (Phi) is 14.1. The topological polar surface area (TPSA) is 152 Å². The summed E-state index contributed by atoms with van der Waals surface area (Å²) in [5.41, 5.74) is 2.07. The third kappa shape index (κ3) is 13.1.